The van der Waals surface area contributed by atoms with Crippen molar-refractivity contribution in [3.8, 4) is 0 Å². The van der Waals surface area contributed by atoms with Gasteiger partial charge in [0.05, 0.1) is 6.61 Å². The standard InChI is InChI=1S/C17H22FN3O2/c1-17(16(22)19-2)11-21(6-7-23-17)10-12-9-20(3)15-5-4-13(18)8-14(12)15/h4-5,8-9H,6-7,10-11H2,1-3H3,(H,19,22)/t17-/m1/s1. The Balaban J connectivity index is 1.85. The van der Waals surface area contributed by atoms with Crippen LogP contribution < -0.4 is 5.32 Å². The summed E-state index contributed by atoms with van der Waals surface area (Å²) < 4.78 is 21.3. The lowest BCUT2D eigenvalue weighted by atomic mass is 10.0. The number of halogens is 1. The molecule has 0 saturated carbocycles. The number of morpholine rings is 1. The van der Waals surface area contributed by atoms with Gasteiger partial charge in [-0.1, -0.05) is 0 Å². The van der Waals surface area contributed by atoms with E-state index >= 15 is 0 Å². The summed E-state index contributed by atoms with van der Waals surface area (Å²) in [5.41, 5.74) is 1.22. The maximum atomic E-state index is 13.6. The Morgan fingerprint density at radius 1 is 1.48 bits per heavy atom. The number of ether oxygens (including phenoxy) is 1. The van der Waals surface area contributed by atoms with Crippen molar-refractivity contribution in [1.82, 2.24) is 14.8 Å². The zero-order chi connectivity index (χ0) is 16.6. The number of carbonyl (C=O) groups is 1. The van der Waals surface area contributed by atoms with Gasteiger partial charge in [0.25, 0.3) is 5.91 Å². The number of hydrogen-bond acceptors (Lipinski definition) is 3. The van der Waals surface area contributed by atoms with E-state index in [2.05, 4.69) is 10.2 Å². The number of likely N-dealkylation sites (N-methyl/N-ethyl adjacent to an activating group) is 1. The maximum absolute atomic E-state index is 13.6. The molecule has 5 nitrogen and oxygen atoms in total. The van der Waals surface area contributed by atoms with Crippen LogP contribution in [0.25, 0.3) is 10.9 Å². The second-order valence-electron chi connectivity index (χ2n) is 6.30. The molecule has 1 N–H and O–H groups in total. The molecule has 1 aliphatic rings. The first-order valence-corrected chi connectivity index (χ1v) is 7.75. The van der Waals surface area contributed by atoms with Crippen molar-refractivity contribution in [1.29, 1.82) is 0 Å². The van der Waals surface area contributed by atoms with Crippen LogP contribution in [-0.4, -0.2) is 47.7 Å². The third kappa shape index (κ3) is 2.96. The van der Waals surface area contributed by atoms with Crippen LogP contribution in [0.2, 0.25) is 0 Å². The molecule has 0 spiro atoms. The largest absolute Gasteiger partial charge is 0.363 e. The molecule has 1 aromatic carbocycles. The summed E-state index contributed by atoms with van der Waals surface area (Å²) in [5.74, 6) is -0.353. The first-order valence-electron chi connectivity index (χ1n) is 7.75. The highest BCUT2D eigenvalue weighted by molar-refractivity contribution is 5.85. The summed E-state index contributed by atoms with van der Waals surface area (Å²) in [7, 11) is 3.57. The Labute approximate surface area is 135 Å². The Morgan fingerprint density at radius 3 is 3.00 bits per heavy atom. The number of rotatable bonds is 3. The van der Waals surface area contributed by atoms with E-state index < -0.39 is 5.60 Å². The number of aryl methyl sites for hydroxylation is 1. The molecule has 1 aromatic heterocycles. The van der Waals surface area contributed by atoms with Gasteiger partial charge in [-0.3, -0.25) is 9.69 Å². The van der Waals surface area contributed by atoms with E-state index in [1.165, 1.54) is 6.07 Å². The summed E-state index contributed by atoms with van der Waals surface area (Å²) in [6.45, 7) is 4.23. The third-order valence-corrected chi connectivity index (χ3v) is 4.49. The van der Waals surface area contributed by atoms with Gasteiger partial charge in [0.15, 0.2) is 5.60 Å². The molecule has 0 bridgehead atoms. The van der Waals surface area contributed by atoms with E-state index in [4.69, 9.17) is 4.74 Å². The molecular weight excluding hydrogens is 297 g/mol. The molecule has 1 fully saturated rings. The average Bonchev–Trinajstić information content (AvgIpc) is 2.82. The number of carbonyl (C=O) groups excluding carboxylic acids is 1. The lowest BCUT2D eigenvalue weighted by molar-refractivity contribution is -0.156. The van der Waals surface area contributed by atoms with Crippen LogP contribution in [0.15, 0.2) is 24.4 Å². The molecule has 1 saturated heterocycles. The second kappa shape index (κ2) is 5.94. The smallest absolute Gasteiger partial charge is 0.253 e. The van der Waals surface area contributed by atoms with Gasteiger partial charge in [-0.2, -0.15) is 0 Å². The fourth-order valence-corrected chi connectivity index (χ4v) is 3.30. The van der Waals surface area contributed by atoms with E-state index in [1.54, 1.807) is 26.1 Å². The first kappa shape index (κ1) is 16.0. The minimum atomic E-state index is -0.844. The van der Waals surface area contributed by atoms with Gasteiger partial charge >= 0.3 is 0 Å². The molecule has 0 unspecified atom stereocenters. The summed E-state index contributed by atoms with van der Waals surface area (Å²) >= 11 is 0. The van der Waals surface area contributed by atoms with E-state index in [0.29, 0.717) is 19.7 Å². The molecule has 6 heteroatoms. The Kier molecular flexibility index (Phi) is 4.12. The summed E-state index contributed by atoms with van der Waals surface area (Å²) in [6, 6.07) is 4.84. The van der Waals surface area contributed by atoms with Gasteiger partial charge < -0.3 is 14.6 Å². The van der Waals surface area contributed by atoms with Crippen molar-refractivity contribution in [3.63, 3.8) is 0 Å². The summed E-state index contributed by atoms with van der Waals surface area (Å²) in [5, 5.41) is 3.57. The zero-order valence-corrected chi connectivity index (χ0v) is 13.7. The molecule has 2 aromatic rings. The first-order chi connectivity index (χ1) is 10.9. The van der Waals surface area contributed by atoms with Crippen LogP contribution in [0.3, 0.4) is 0 Å². The molecule has 124 valence electrons. The van der Waals surface area contributed by atoms with Crippen LogP contribution in [0.5, 0.6) is 0 Å². The van der Waals surface area contributed by atoms with Gasteiger partial charge in [0.2, 0.25) is 0 Å². The van der Waals surface area contributed by atoms with Gasteiger partial charge in [-0.15, -0.1) is 0 Å². The number of nitrogens with one attached hydrogen (secondary N) is 1. The number of hydrogen-bond donors (Lipinski definition) is 1. The Hall–Kier alpha value is -1.92. The van der Waals surface area contributed by atoms with E-state index in [1.807, 2.05) is 17.8 Å². The van der Waals surface area contributed by atoms with Gasteiger partial charge in [-0.25, -0.2) is 4.39 Å². The SMILES string of the molecule is CNC(=O)[C@@]1(C)CN(Cc2cn(C)c3ccc(F)cc23)CCO1. The van der Waals surface area contributed by atoms with Gasteiger partial charge in [-0.05, 0) is 30.7 Å². The van der Waals surface area contributed by atoms with Crippen molar-refractivity contribution < 1.29 is 13.9 Å². The van der Waals surface area contributed by atoms with Crippen LogP contribution >= 0.6 is 0 Å². The maximum Gasteiger partial charge on any atom is 0.253 e. The zero-order valence-electron chi connectivity index (χ0n) is 13.7. The van der Waals surface area contributed by atoms with Crippen LogP contribution in [0, 0.1) is 5.82 Å². The van der Waals surface area contributed by atoms with Crippen molar-refractivity contribution >= 4 is 16.8 Å². The number of nitrogens with zero attached hydrogens (tertiary/aromatic N) is 2. The molecular formula is C17H22FN3O2. The predicted octanol–water partition coefficient (Wildman–Crippen LogP) is 1.65. The molecule has 1 atom stereocenters. The quantitative estimate of drug-likeness (QED) is 0.936. The number of aromatic nitrogens is 1. The molecule has 3 rings (SSSR count). The van der Waals surface area contributed by atoms with Crippen molar-refractivity contribution in [2.45, 2.75) is 19.1 Å². The van der Waals surface area contributed by atoms with Crippen LogP contribution in [0.1, 0.15) is 12.5 Å². The highest BCUT2D eigenvalue weighted by atomic mass is 19.1. The average molecular weight is 319 g/mol. The lowest BCUT2D eigenvalue weighted by Crippen LogP contribution is -2.57. The molecule has 2 heterocycles. The molecule has 0 aliphatic carbocycles. The topological polar surface area (TPSA) is 46.5 Å². The van der Waals surface area contributed by atoms with E-state index in [-0.39, 0.29) is 11.7 Å². The predicted molar refractivity (Wildman–Crippen MR) is 86.6 cm³/mol. The van der Waals surface area contributed by atoms with E-state index in [9.17, 15) is 9.18 Å². The molecule has 0 radical (unpaired) electrons. The minimum absolute atomic E-state index is 0.119. The third-order valence-electron chi connectivity index (χ3n) is 4.49. The molecule has 23 heavy (non-hydrogen) atoms. The van der Waals surface area contributed by atoms with Gasteiger partial charge in [0, 0.05) is 50.8 Å². The second-order valence-corrected chi connectivity index (χ2v) is 6.30. The number of benzene rings is 1. The Bertz CT molecular complexity index is 743. The van der Waals surface area contributed by atoms with Crippen LogP contribution in [0.4, 0.5) is 4.39 Å². The Morgan fingerprint density at radius 2 is 2.26 bits per heavy atom. The van der Waals surface area contributed by atoms with Crippen molar-refractivity contribution in [2.24, 2.45) is 7.05 Å². The van der Waals surface area contributed by atoms with Crippen molar-refractivity contribution in [2.75, 3.05) is 26.7 Å². The van der Waals surface area contributed by atoms with Crippen molar-refractivity contribution in [3.05, 3.63) is 35.8 Å². The van der Waals surface area contributed by atoms with E-state index in [0.717, 1.165) is 23.0 Å². The normalized spacial score (nSPS) is 22.4. The fraction of sp³-hybridized carbons (Fsp3) is 0.471. The summed E-state index contributed by atoms with van der Waals surface area (Å²) in [4.78, 5) is 14.2. The number of fused-ring (bicyclic) bond motifs is 1. The minimum Gasteiger partial charge on any atom is -0.363 e. The number of amides is 1. The van der Waals surface area contributed by atoms with Crippen LogP contribution in [-0.2, 0) is 23.1 Å². The molecule has 1 amide bonds. The summed E-state index contributed by atoms with van der Waals surface area (Å²) in [6.07, 6.45) is 2.02. The molecule has 1 aliphatic heterocycles. The fourth-order valence-electron chi connectivity index (χ4n) is 3.30. The highest BCUT2D eigenvalue weighted by Gasteiger charge is 2.38. The monoisotopic (exact) mass is 319 g/mol. The highest BCUT2D eigenvalue weighted by Crippen LogP contribution is 2.25. The lowest BCUT2D eigenvalue weighted by Gasteiger charge is -2.39. The van der Waals surface area contributed by atoms with Gasteiger partial charge in [0.1, 0.15) is 5.82 Å².